The van der Waals surface area contributed by atoms with Crippen LogP contribution in [0.25, 0.3) is 0 Å². The highest BCUT2D eigenvalue weighted by Gasteiger charge is 2.25. The summed E-state index contributed by atoms with van der Waals surface area (Å²) in [5.41, 5.74) is 1.12. The standard InChI is InChI=1S/C17H16Cl2N2O3/c1-10(2)16(11-3-6-13(7-4-11)21(23)24)17(22)20-15-9-12(18)5-8-14(15)19/h3-10,16H,1-2H3,(H,20,22). The second-order valence-electron chi connectivity index (χ2n) is 5.68. The Bertz CT molecular complexity index is 761. The predicted molar refractivity (Wildman–Crippen MR) is 95.8 cm³/mol. The molecule has 24 heavy (non-hydrogen) atoms. The number of nitrogens with one attached hydrogen (secondary N) is 1. The molecule has 0 fully saturated rings. The van der Waals surface area contributed by atoms with E-state index in [9.17, 15) is 14.9 Å². The van der Waals surface area contributed by atoms with Gasteiger partial charge in [0, 0.05) is 17.2 Å². The van der Waals surface area contributed by atoms with Crippen molar-refractivity contribution in [1.82, 2.24) is 0 Å². The number of non-ortho nitro benzene ring substituents is 1. The van der Waals surface area contributed by atoms with Crippen molar-refractivity contribution < 1.29 is 9.72 Å². The Morgan fingerprint density at radius 1 is 1.12 bits per heavy atom. The second-order valence-corrected chi connectivity index (χ2v) is 6.53. The lowest BCUT2D eigenvalue weighted by Crippen LogP contribution is -2.25. The fraction of sp³-hybridized carbons (Fsp3) is 0.235. The van der Waals surface area contributed by atoms with Gasteiger partial charge in [-0.15, -0.1) is 0 Å². The van der Waals surface area contributed by atoms with Gasteiger partial charge in [-0.3, -0.25) is 14.9 Å². The SMILES string of the molecule is CC(C)C(C(=O)Nc1cc(Cl)ccc1Cl)c1ccc([N+](=O)[O-])cc1. The first kappa shape index (κ1) is 18.2. The van der Waals surface area contributed by atoms with Crippen molar-refractivity contribution in [3.8, 4) is 0 Å². The molecular weight excluding hydrogens is 351 g/mol. The van der Waals surface area contributed by atoms with E-state index in [1.165, 1.54) is 12.1 Å². The van der Waals surface area contributed by atoms with Crippen LogP contribution in [-0.4, -0.2) is 10.8 Å². The van der Waals surface area contributed by atoms with Gasteiger partial charge >= 0.3 is 0 Å². The summed E-state index contributed by atoms with van der Waals surface area (Å²) in [6.07, 6.45) is 0. The van der Waals surface area contributed by atoms with E-state index in [-0.39, 0.29) is 17.5 Å². The highest BCUT2D eigenvalue weighted by molar-refractivity contribution is 6.35. The van der Waals surface area contributed by atoms with Crippen LogP contribution in [0.1, 0.15) is 25.3 Å². The largest absolute Gasteiger partial charge is 0.324 e. The van der Waals surface area contributed by atoms with E-state index in [1.54, 1.807) is 30.3 Å². The molecule has 0 spiro atoms. The molecule has 2 aromatic rings. The van der Waals surface area contributed by atoms with Crippen molar-refractivity contribution >= 4 is 40.5 Å². The van der Waals surface area contributed by atoms with Crippen LogP contribution >= 0.6 is 23.2 Å². The van der Waals surface area contributed by atoms with E-state index >= 15 is 0 Å². The van der Waals surface area contributed by atoms with E-state index in [1.807, 2.05) is 13.8 Å². The number of nitro benzene ring substituents is 1. The van der Waals surface area contributed by atoms with Gasteiger partial charge in [0.15, 0.2) is 0 Å². The van der Waals surface area contributed by atoms with Crippen molar-refractivity contribution in [3.63, 3.8) is 0 Å². The average Bonchev–Trinajstić information content (AvgIpc) is 2.51. The third kappa shape index (κ3) is 4.24. The molecule has 1 N–H and O–H groups in total. The molecule has 0 aliphatic rings. The highest BCUT2D eigenvalue weighted by Crippen LogP contribution is 2.30. The van der Waals surface area contributed by atoms with Gasteiger partial charge in [-0.25, -0.2) is 0 Å². The molecule has 5 nitrogen and oxygen atoms in total. The van der Waals surface area contributed by atoms with E-state index in [4.69, 9.17) is 23.2 Å². The zero-order chi connectivity index (χ0) is 17.9. The van der Waals surface area contributed by atoms with Crippen LogP contribution in [0.2, 0.25) is 10.0 Å². The van der Waals surface area contributed by atoms with Gasteiger partial charge in [-0.05, 0) is 29.7 Å². The number of halogens is 2. The van der Waals surface area contributed by atoms with Crippen molar-refractivity contribution in [1.29, 1.82) is 0 Å². The summed E-state index contributed by atoms with van der Waals surface area (Å²) in [6, 6.07) is 10.8. The Balaban J connectivity index is 2.28. The second kappa shape index (κ2) is 7.64. The molecule has 1 unspecified atom stereocenters. The summed E-state index contributed by atoms with van der Waals surface area (Å²) in [5, 5.41) is 14.4. The van der Waals surface area contributed by atoms with Crippen molar-refractivity contribution in [2.24, 2.45) is 5.92 Å². The number of anilines is 1. The Morgan fingerprint density at radius 3 is 2.29 bits per heavy atom. The number of hydrogen-bond acceptors (Lipinski definition) is 3. The Morgan fingerprint density at radius 2 is 1.75 bits per heavy atom. The summed E-state index contributed by atoms with van der Waals surface area (Å²) in [5.74, 6) is -0.728. The topological polar surface area (TPSA) is 72.2 Å². The molecule has 126 valence electrons. The zero-order valence-corrected chi connectivity index (χ0v) is 14.6. The van der Waals surface area contributed by atoms with E-state index in [2.05, 4.69) is 5.32 Å². The molecule has 0 saturated carbocycles. The maximum atomic E-state index is 12.7. The quantitative estimate of drug-likeness (QED) is 0.577. The number of nitro groups is 1. The molecule has 1 atom stereocenters. The van der Waals surface area contributed by atoms with Crippen LogP contribution in [-0.2, 0) is 4.79 Å². The fourth-order valence-corrected chi connectivity index (χ4v) is 2.78. The number of carbonyl (C=O) groups is 1. The fourth-order valence-electron chi connectivity index (χ4n) is 2.45. The van der Waals surface area contributed by atoms with Crippen LogP contribution in [0.3, 0.4) is 0 Å². The van der Waals surface area contributed by atoms with Gasteiger partial charge < -0.3 is 5.32 Å². The molecule has 2 rings (SSSR count). The number of benzene rings is 2. The first-order valence-electron chi connectivity index (χ1n) is 7.30. The van der Waals surface area contributed by atoms with Gasteiger partial charge in [0.2, 0.25) is 5.91 Å². The molecule has 0 radical (unpaired) electrons. The molecule has 0 aromatic heterocycles. The zero-order valence-electron chi connectivity index (χ0n) is 13.1. The van der Waals surface area contributed by atoms with Gasteiger partial charge in [0.1, 0.15) is 0 Å². The number of amides is 1. The van der Waals surface area contributed by atoms with Crippen LogP contribution in [0.5, 0.6) is 0 Å². The summed E-state index contributed by atoms with van der Waals surface area (Å²) in [7, 11) is 0. The normalized spacial score (nSPS) is 12.0. The van der Waals surface area contributed by atoms with Gasteiger partial charge in [0.05, 0.1) is 21.6 Å². The summed E-state index contributed by atoms with van der Waals surface area (Å²) < 4.78 is 0. The maximum Gasteiger partial charge on any atom is 0.269 e. The third-order valence-corrected chi connectivity index (χ3v) is 4.16. The van der Waals surface area contributed by atoms with E-state index in [0.717, 1.165) is 0 Å². The number of hydrogen-bond donors (Lipinski definition) is 1. The maximum absolute atomic E-state index is 12.7. The minimum absolute atomic E-state index is 0.00980. The Labute approximate surface area is 149 Å². The van der Waals surface area contributed by atoms with Gasteiger partial charge in [0.25, 0.3) is 5.69 Å². The lowest BCUT2D eigenvalue weighted by Gasteiger charge is -2.21. The minimum atomic E-state index is -0.472. The van der Waals surface area contributed by atoms with Gasteiger partial charge in [-0.2, -0.15) is 0 Å². The van der Waals surface area contributed by atoms with E-state index in [0.29, 0.717) is 21.3 Å². The lowest BCUT2D eigenvalue weighted by molar-refractivity contribution is -0.384. The minimum Gasteiger partial charge on any atom is -0.324 e. The van der Waals surface area contributed by atoms with Gasteiger partial charge in [-0.1, -0.05) is 49.2 Å². The molecule has 0 bridgehead atoms. The lowest BCUT2D eigenvalue weighted by atomic mass is 9.87. The van der Waals surface area contributed by atoms with Crippen molar-refractivity contribution in [3.05, 3.63) is 68.2 Å². The van der Waals surface area contributed by atoms with Crippen LogP contribution < -0.4 is 5.32 Å². The van der Waals surface area contributed by atoms with Crippen LogP contribution in [0, 0.1) is 16.0 Å². The molecule has 7 heteroatoms. The highest BCUT2D eigenvalue weighted by atomic mass is 35.5. The monoisotopic (exact) mass is 366 g/mol. The first-order chi connectivity index (χ1) is 11.3. The molecule has 0 heterocycles. The predicted octanol–water partition coefficient (Wildman–Crippen LogP) is 5.28. The summed E-state index contributed by atoms with van der Waals surface area (Å²) >= 11 is 12.0. The average molecular weight is 367 g/mol. The Hall–Kier alpha value is -2.11. The third-order valence-electron chi connectivity index (χ3n) is 3.60. The smallest absolute Gasteiger partial charge is 0.269 e. The number of nitrogens with zero attached hydrogens (tertiary/aromatic N) is 1. The Kier molecular flexibility index (Phi) is 5.80. The molecule has 0 aliphatic carbocycles. The van der Waals surface area contributed by atoms with Crippen molar-refractivity contribution in [2.45, 2.75) is 19.8 Å². The summed E-state index contributed by atoms with van der Waals surface area (Å²) in [4.78, 5) is 23.0. The van der Waals surface area contributed by atoms with E-state index < -0.39 is 10.8 Å². The number of rotatable bonds is 5. The molecule has 1 amide bonds. The molecular formula is C17H16Cl2N2O3. The first-order valence-corrected chi connectivity index (χ1v) is 8.05. The molecule has 0 aliphatic heterocycles. The molecule has 0 saturated heterocycles. The van der Waals surface area contributed by atoms with Crippen LogP contribution in [0.4, 0.5) is 11.4 Å². The summed E-state index contributed by atoms with van der Waals surface area (Å²) in [6.45, 7) is 3.82. The van der Waals surface area contributed by atoms with Crippen molar-refractivity contribution in [2.75, 3.05) is 5.32 Å². The van der Waals surface area contributed by atoms with Crippen LogP contribution in [0.15, 0.2) is 42.5 Å². The molecule has 2 aromatic carbocycles. The number of carbonyl (C=O) groups excluding carboxylic acids is 1.